The number of halogens is 1. The summed E-state index contributed by atoms with van der Waals surface area (Å²) in [5, 5.41) is 0. The van der Waals surface area contributed by atoms with E-state index in [2.05, 4.69) is 4.37 Å². The minimum atomic E-state index is -0.228. The van der Waals surface area contributed by atoms with Crippen LogP contribution in [0.3, 0.4) is 0 Å². The summed E-state index contributed by atoms with van der Waals surface area (Å²) in [6, 6.07) is 8.48. The Morgan fingerprint density at radius 1 is 1.43 bits per heavy atom. The van der Waals surface area contributed by atoms with E-state index < -0.39 is 0 Å². The van der Waals surface area contributed by atoms with E-state index >= 15 is 0 Å². The lowest BCUT2D eigenvalue weighted by Crippen LogP contribution is -2.27. The average Bonchev–Trinajstić information content (AvgIpc) is 2.91. The first kappa shape index (κ1) is 15.6. The summed E-state index contributed by atoms with van der Waals surface area (Å²) in [6.07, 6.45) is 2.91. The van der Waals surface area contributed by atoms with Crippen LogP contribution < -0.4 is 0 Å². The molecule has 0 aliphatic heterocycles. The van der Waals surface area contributed by atoms with E-state index in [1.54, 1.807) is 24.2 Å². The van der Waals surface area contributed by atoms with E-state index in [0.717, 1.165) is 10.4 Å². The quantitative estimate of drug-likeness (QED) is 0.818. The highest BCUT2D eigenvalue weighted by atomic mass is 32.1. The van der Waals surface area contributed by atoms with Crippen molar-refractivity contribution in [1.29, 1.82) is 0 Å². The summed E-state index contributed by atoms with van der Waals surface area (Å²) in [5.74, 6) is 0.0591. The first-order chi connectivity index (χ1) is 10.0. The highest BCUT2D eigenvalue weighted by Crippen LogP contribution is 2.15. The summed E-state index contributed by atoms with van der Waals surface area (Å²) >= 11 is 1.41. The largest absolute Gasteiger partial charge is 0.341 e. The fourth-order valence-electron chi connectivity index (χ4n) is 2.24. The van der Waals surface area contributed by atoms with Crippen molar-refractivity contribution >= 4 is 17.4 Å². The van der Waals surface area contributed by atoms with Crippen molar-refractivity contribution in [3.05, 3.63) is 52.8 Å². The van der Waals surface area contributed by atoms with E-state index in [9.17, 15) is 9.18 Å². The van der Waals surface area contributed by atoms with Crippen LogP contribution in [0.1, 0.15) is 23.8 Å². The van der Waals surface area contributed by atoms with E-state index in [-0.39, 0.29) is 17.6 Å². The maximum atomic E-state index is 13.1. The zero-order valence-electron chi connectivity index (χ0n) is 12.3. The molecule has 0 spiro atoms. The Bertz CT molecular complexity index is 586. The summed E-state index contributed by atoms with van der Waals surface area (Å²) in [7, 11) is 1.80. The standard InChI is InChI=1S/C16H19FN2OS/c1-12(8-13-4-3-5-14(17)10-13)9-16(20)19(2)11-15-6-7-18-21-15/h3-7,10,12H,8-9,11H2,1-2H3. The molecular formula is C16H19FN2OS. The molecule has 0 fully saturated rings. The lowest BCUT2D eigenvalue weighted by atomic mass is 9.97. The number of carbonyl (C=O) groups excluding carboxylic acids is 1. The molecule has 1 heterocycles. The molecule has 112 valence electrons. The molecule has 2 aromatic rings. The Hall–Kier alpha value is -1.75. The summed E-state index contributed by atoms with van der Waals surface area (Å²) in [6.45, 7) is 2.61. The fourth-order valence-corrected chi connectivity index (χ4v) is 2.87. The molecule has 0 aliphatic rings. The number of amides is 1. The first-order valence-electron chi connectivity index (χ1n) is 6.92. The lowest BCUT2D eigenvalue weighted by molar-refractivity contribution is -0.131. The molecule has 0 radical (unpaired) electrons. The highest BCUT2D eigenvalue weighted by Gasteiger charge is 2.15. The van der Waals surface area contributed by atoms with Crippen molar-refractivity contribution in [2.45, 2.75) is 26.3 Å². The molecule has 1 unspecified atom stereocenters. The van der Waals surface area contributed by atoms with Crippen molar-refractivity contribution in [2.24, 2.45) is 5.92 Å². The molecule has 1 aromatic heterocycles. The Labute approximate surface area is 128 Å². The van der Waals surface area contributed by atoms with E-state index in [1.165, 1.54) is 23.7 Å². The summed E-state index contributed by atoms with van der Waals surface area (Å²) < 4.78 is 17.2. The van der Waals surface area contributed by atoms with Crippen molar-refractivity contribution in [2.75, 3.05) is 7.05 Å². The minimum absolute atomic E-state index is 0.104. The lowest BCUT2D eigenvalue weighted by Gasteiger charge is -2.19. The molecule has 0 N–H and O–H groups in total. The Balaban J connectivity index is 1.84. The van der Waals surface area contributed by atoms with Gasteiger partial charge in [-0.15, -0.1) is 0 Å². The molecule has 0 bridgehead atoms. The average molecular weight is 306 g/mol. The predicted octanol–water partition coefficient (Wildman–Crippen LogP) is 3.51. The van der Waals surface area contributed by atoms with Gasteiger partial charge in [-0.2, -0.15) is 0 Å². The second-order valence-corrected chi connectivity index (χ2v) is 6.29. The monoisotopic (exact) mass is 306 g/mol. The zero-order chi connectivity index (χ0) is 15.2. The van der Waals surface area contributed by atoms with Crippen molar-refractivity contribution in [1.82, 2.24) is 9.27 Å². The van der Waals surface area contributed by atoms with Gasteiger partial charge in [0, 0.05) is 24.5 Å². The first-order valence-corrected chi connectivity index (χ1v) is 7.70. The minimum Gasteiger partial charge on any atom is -0.341 e. The van der Waals surface area contributed by atoms with Gasteiger partial charge in [-0.25, -0.2) is 8.76 Å². The van der Waals surface area contributed by atoms with Gasteiger partial charge >= 0.3 is 0 Å². The molecule has 1 aromatic carbocycles. The molecule has 0 saturated heterocycles. The van der Waals surface area contributed by atoms with Gasteiger partial charge in [0.2, 0.25) is 5.91 Å². The number of nitrogens with zero attached hydrogens (tertiary/aromatic N) is 2. The van der Waals surface area contributed by atoms with Crippen LogP contribution in [0.25, 0.3) is 0 Å². The summed E-state index contributed by atoms with van der Waals surface area (Å²) in [4.78, 5) is 15.0. The van der Waals surface area contributed by atoms with Crippen LogP contribution >= 0.6 is 11.5 Å². The van der Waals surface area contributed by atoms with Gasteiger partial charge in [-0.05, 0) is 47.6 Å². The second-order valence-electron chi connectivity index (χ2n) is 5.37. The second kappa shape index (κ2) is 7.31. The molecule has 1 amide bonds. The number of benzene rings is 1. The molecule has 0 aliphatic carbocycles. The number of rotatable bonds is 6. The van der Waals surface area contributed by atoms with Gasteiger partial charge in [0.1, 0.15) is 5.82 Å². The number of hydrogen-bond donors (Lipinski definition) is 0. The topological polar surface area (TPSA) is 33.2 Å². The highest BCUT2D eigenvalue weighted by molar-refractivity contribution is 7.05. The molecule has 3 nitrogen and oxygen atoms in total. The van der Waals surface area contributed by atoms with Gasteiger partial charge in [-0.1, -0.05) is 19.1 Å². The molecule has 0 saturated carbocycles. The van der Waals surface area contributed by atoms with Crippen molar-refractivity contribution in [3.63, 3.8) is 0 Å². The van der Waals surface area contributed by atoms with Gasteiger partial charge < -0.3 is 4.90 Å². The van der Waals surface area contributed by atoms with E-state index in [1.807, 2.05) is 19.1 Å². The molecular weight excluding hydrogens is 287 g/mol. The van der Waals surface area contributed by atoms with Gasteiger partial charge in [0.05, 0.1) is 6.54 Å². The molecule has 21 heavy (non-hydrogen) atoms. The fraction of sp³-hybridized carbons (Fsp3) is 0.375. The van der Waals surface area contributed by atoms with Crippen LogP contribution in [0.15, 0.2) is 36.5 Å². The van der Waals surface area contributed by atoms with Crippen LogP contribution in [0.2, 0.25) is 0 Å². The van der Waals surface area contributed by atoms with E-state index in [0.29, 0.717) is 19.4 Å². The van der Waals surface area contributed by atoms with Crippen LogP contribution in [0, 0.1) is 11.7 Å². The number of aromatic nitrogens is 1. The third-order valence-electron chi connectivity index (χ3n) is 3.31. The Morgan fingerprint density at radius 3 is 2.90 bits per heavy atom. The zero-order valence-corrected chi connectivity index (χ0v) is 13.1. The maximum absolute atomic E-state index is 13.1. The predicted molar refractivity (Wildman–Crippen MR) is 82.5 cm³/mol. The van der Waals surface area contributed by atoms with E-state index in [4.69, 9.17) is 0 Å². The van der Waals surface area contributed by atoms with Crippen LogP contribution in [0.4, 0.5) is 4.39 Å². The third kappa shape index (κ3) is 4.93. The molecule has 2 rings (SSSR count). The SMILES string of the molecule is CC(CC(=O)N(C)Cc1ccns1)Cc1cccc(F)c1. The van der Waals surface area contributed by atoms with Crippen molar-refractivity contribution in [3.8, 4) is 0 Å². The third-order valence-corrected chi connectivity index (χ3v) is 4.03. The van der Waals surface area contributed by atoms with Crippen LogP contribution in [-0.4, -0.2) is 22.2 Å². The number of hydrogen-bond acceptors (Lipinski definition) is 3. The number of carbonyl (C=O) groups is 1. The Morgan fingerprint density at radius 2 is 2.24 bits per heavy atom. The molecule has 1 atom stereocenters. The van der Waals surface area contributed by atoms with Crippen molar-refractivity contribution < 1.29 is 9.18 Å². The van der Waals surface area contributed by atoms with Crippen LogP contribution in [-0.2, 0) is 17.8 Å². The smallest absolute Gasteiger partial charge is 0.222 e. The van der Waals surface area contributed by atoms with Gasteiger partial charge in [0.15, 0.2) is 0 Å². The normalized spacial score (nSPS) is 12.1. The molecule has 5 heteroatoms. The Kier molecular flexibility index (Phi) is 5.44. The summed E-state index contributed by atoms with van der Waals surface area (Å²) in [5.41, 5.74) is 0.931. The van der Waals surface area contributed by atoms with Gasteiger partial charge in [0.25, 0.3) is 0 Å². The van der Waals surface area contributed by atoms with Crippen LogP contribution in [0.5, 0.6) is 0 Å². The maximum Gasteiger partial charge on any atom is 0.222 e. The van der Waals surface area contributed by atoms with Gasteiger partial charge in [-0.3, -0.25) is 4.79 Å².